The maximum absolute atomic E-state index is 12.8. The molecule has 2 amide bonds. The van der Waals surface area contributed by atoms with Gasteiger partial charge in [0.15, 0.2) is 12.4 Å². The number of nitrogens with one attached hydrogen (secondary N) is 2. The molecule has 0 fully saturated rings. The summed E-state index contributed by atoms with van der Waals surface area (Å²) in [6.07, 6.45) is 1.55. The van der Waals surface area contributed by atoms with E-state index in [1.807, 2.05) is 60.7 Å². The molecule has 8 nitrogen and oxygen atoms in total. The third kappa shape index (κ3) is 7.07. The number of rotatable bonds is 10. The molecule has 0 bridgehead atoms. The van der Waals surface area contributed by atoms with Gasteiger partial charge in [-0.1, -0.05) is 54.6 Å². The standard InChI is InChI=1S/C28H24N2O6/c31-26(29-21-11-7-14-23(18-21)36-22-12-5-2-6-13-22)19-35-28(33)24(17-20-9-3-1-4-10-20)30-27(32)25-15-8-16-34-25/h1-16,18,24H,17,19H2,(H,29,31)(H,30,32)/t24-/m0/s1. The normalized spacial score (nSPS) is 11.2. The zero-order valence-corrected chi connectivity index (χ0v) is 19.3. The van der Waals surface area contributed by atoms with E-state index in [-0.39, 0.29) is 12.2 Å². The number of benzene rings is 3. The molecule has 3 aromatic carbocycles. The Morgan fingerprint density at radius 2 is 1.53 bits per heavy atom. The number of para-hydroxylation sites is 1. The number of amides is 2. The summed E-state index contributed by atoms with van der Waals surface area (Å²) in [6, 6.07) is 27.3. The van der Waals surface area contributed by atoms with Crippen molar-refractivity contribution in [3.63, 3.8) is 0 Å². The summed E-state index contributed by atoms with van der Waals surface area (Å²) < 4.78 is 16.1. The molecule has 0 aliphatic carbocycles. The van der Waals surface area contributed by atoms with Crippen LogP contribution in [0.25, 0.3) is 0 Å². The molecule has 2 N–H and O–H groups in total. The van der Waals surface area contributed by atoms with Crippen molar-refractivity contribution in [3.8, 4) is 11.5 Å². The zero-order valence-electron chi connectivity index (χ0n) is 19.3. The molecular formula is C28H24N2O6. The van der Waals surface area contributed by atoms with Crippen LogP contribution in [-0.2, 0) is 20.7 Å². The molecule has 4 rings (SSSR count). The zero-order chi connectivity index (χ0) is 25.2. The van der Waals surface area contributed by atoms with Crippen molar-refractivity contribution in [2.75, 3.05) is 11.9 Å². The van der Waals surface area contributed by atoms with Gasteiger partial charge in [-0.05, 0) is 42.0 Å². The van der Waals surface area contributed by atoms with Gasteiger partial charge in [0.2, 0.25) is 0 Å². The Morgan fingerprint density at radius 3 is 2.25 bits per heavy atom. The molecule has 36 heavy (non-hydrogen) atoms. The molecule has 8 heteroatoms. The van der Waals surface area contributed by atoms with Gasteiger partial charge in [-0.3, -0.25) is 9.59 Å². The first kappa shape index (κ1) is 24.3. The summed E-state index contributed by atoms with van der Waals surface area (Å²) in [5.74, 6) is -0.560. The predicted molar refractivity (Wildman–Crippen MR) is 133 cm³/mol. The molecule has 0 aliphatic heterocycles. The number of hydrogen-bond acceptors (Lipinski definition) is 6. The van der Waals surface area contributed by atoms with Crippen molar-refractivity contribution in [2.24, 2.45) is 0 Å². The van der Waals surface area contributed by atoms with Gasteiger partial charge in [0.05, 0.1) is 6.26 Å². The van der Waals surface area contributed by atoms with Crippen LogP contribution in [0.3, 0.4) is 0 Å². The summed E-state index contributed by atoms with van der Waals surface area (Å²) in [5, 5.41) is 5.29. The molecule has 1 atom stereocenters. The monoisotopic (exact) mass is 484 g/mol. The van der Waals surface area contributed by atoms with Crippen LogP contribution in [0, 0.1) is 0 Å². The van der Waals surface area contributed by atoms with Crippen molar-refractivity contribution in [1.29, 1.82) is 0 Å². The minimum atomic E-state index is -1.01. The molecule has 0 saturated heterocycles. The quantitative estimate of drug-likeness (QED) is 0.319. The van der Waals surface area contributed by atoms with Gasteiger partial charge in [-0.15, -0.1) is 0 Å². The Kier molecular flexibility index (Phi) is 8.11. The topological polar surface area (TPSA) is 107 Å². The Morgan fingerprint density at radius 1 is 0.806 bits per heavy atom. The molecule has 0 unspecified atom stereocenters. The predicted octanol–water partition coefficient (Wildman–Crippen LogP) is 4.59. The van der Waals surface area contributed by atoms with Gasteiger partial charge in [-0.25, -0.2) is 4.79 Å². The highest BCUT2D eigenvalue weighted by atomic mass is 16.5. The highest BCUT2D eigenvalue weighted by Gasteiger charge is 2.25. The number of hydrogen-bond donors (Lipinski definition) is 2. The van der Waals surface area contributed by atoms with Crippen LogP contribution in [0.15, 0.2) is 108 Å². The lowest BCUT2D eigenvalue weighted by molar-refractivity contribution is -0.149. The van der Waals surface area contributed by atoms with E-state index in [0.29, 0.717) is 17.2 Å². The van der Waals surface area contributed by atoms with E-state index >= 15 is 0 Å². The highest BCUT2D eigenvalue weighted by molar-refractivity contribution is 5.96. The SMILES string of the molecule is O=C(COC(=O)[C@H](Cc1ccccc1)NC(=O)c1ccco1)Nc1cccc(Oc2ccccc2)c1. The fourth-order valence-corrected chi connectivity index (χ4v) is 3.38. The number of carbonyl (C=O) groups is 3. The molecular weight excluding hydrogens is 460 g/mol. The smallest absolute Gasteiger partial charge is 0.329 e. The molecule has 0 radical (unpaired) electrons. The van der Waals surface area contributed by atoms with Crippen LogP contribution in [0.2, 0.25) is 0 Å². The number of ether oxygens (including phenoxy) is 2. The second-order valence-electron chi connectivity index (χ2n) is 7.79. The first-order valence-electron chi connectivity index (χ1n) is 11.2. The second kappa shape index (κ2) is 12.0. The van der Waals surface area contributed by atoms with E-state index in [0.717, 1.165) is 5.56 Å². The van der Waals surface area contributed by atoms with Crippen molar-refractivity contribution in [2.45, 2.75) is 12.5 Å². The molecule has 0 aliphatic rings. The molecule has 0 spiro atoms. The average molecular weight is 485 g/mol. The summed E-state index contributed by atoms with van der Waals surface area (Å²) in [5.41, 5.74) is 1.30. The van der Waals surface area contributed by atoms with Crippen LogP contribution in [0.5, 0.6) is 11.5 Å². The maximum Gasteiger partial charge on any atom is 0.329 e. The summed E-state index contributed by atoms with van der Waals surface area (Å²) in [6.45, 7) is -0.523. The van der Waals surface area contributed by atoms with Crippen molar-refractivity contribution in [1.82, 2.24) is 5.32 Å². The average Bonchev–Trinajstić information content (AvgIpc) is 3.44. The lowest BCUT2D eigenvalue weighted by Gasteiger charge is -2.17. The Labute approximate surface area is 207 Å². The third-order valence-corrected chi connectivity index (χ3v) is 5.06. The minimum Gasteiger partial charge on any atom is -0.459 e. The van der Waals surface area contributed by atoms with Crippen LogP contribution < -0.4 is 15.4 Å². The number of carbonyl (C=O) groups excluding carboxylic acids is 3. The Balaban J connectivity index is 1.34. The van der Waals surface area contributed by atoms with Crippen LogP contribution >= 0.6 is 0 Å². The summed E-state index contributed by atoms with van der Waals surface area (Å²) in [7, 11) is 0. The van der Waals surface area contributed by atoms with Crippen LogP contribution in [0.4, 0.5) is 5.69 Å². The summed E-state index contributed by atoms with van der Waals surface area (Å²) >= 11 is 0. The molecule has 182 valence electrons. The second-order valence-corrected chi connectivity index (χ2v) is 7.79. The van der Waals surface area contributed by atoms with Gasteiger partial charge >= 0.3 is 5.97 Å². The van der Waals surface area contributed by atoms with E-state index in [9.17, 15) is 14.4 Å². The van der Waals surface area contributed by atoms with Gasteiger partial charge < -0.3 is 24.5 Å². The minimum absolute atomic E-state index is 0.0659. The van der Waals surface area contributed by atoms with Crippen molar-refractivity contribution < 1.29 is 28.3 Å². The fraction of sp³-hybridized carbons (Fsp3) is 0.107. The summed E-state index contributed by atoms with van der Waals surface area (Å²) in [4.78, 5) is 37.7. The Bertz CT molecular complexity index is 1290. The van der Waals surface area contributed by atoms with Crippen molar-refractivity contribution in [3.05, 3.63) is 115 Å². The van der Waals surface area contributed by atoms with E-state index in [1.165, 1.54) is 12.3 Å². The number of anilines is 1. The number of esters is 1. The fourth-order valence-electron chi connectivity index (χ4n) is 3.38. The maximum atomic E-state index is 12.8. The Hall–Kier alpha value is -4.85. The first-order chi connectivity index (χ1) is 17.6. The van der Waals surface area contributed by atoms with E-state index in [4.69, 9.17) is 13.9 Å². The van der Waals surface area contributed by atoms with Crippen LogP contribution in [0.1, 0.15) is 16.1 Å². The van der Waals surface area contributed by atoms with Gasteiger partial charge in [0.1, 0.15) is 17.5 Å². The lowest BCUT2D eigenvalue weighted by Crippen LogP contribution is -2.44. The molecule has 4 aromatic rings. The molecule has 0 saturated carbocycles. The third-order valence-electron chi connectivity index (χ3n) is 5.06. The van der Waals surface area contributed by atoms with Gasteiger partial charge in [0, 0.05) is 18.2 Å². The van der Waals surface area contributed by atoms with Gasteiger partial charge in [0.25, 0.3) is 11.8 Å². The molecule has 1 heterocycles. The van der Waals surface area contributed by atoms with Crippen molar-refractivity contribution >= 4 is 23.5 Å². The first-order valence-corrected chi connectivity index (χ1v) is 11.2. The largest absolute Gasteiger partial charge is 0.459 e. The van der Waals surface area contributed by atoms with E-state index in [1.54, 1.807) is 30.3 Å². The van der Waals surface area contributed by atoms with E-state index < -0.39 is 30.4 Å². The highest BCUT2D eigenvalue weighted by Crippen LogP contribution is 2.23. The molecule has 1 aromatic heterocycles. The van der Waals surface area contributed by atoms with E-state index in [2.05, 4.69) is 10.6 Å². The number of furan rings is 1. The lowest BCUT2D eigenvalue weighted by atomic mass is 10.1. The van der Waals surface area contributed by atoms with Crippen LogP contribution in [-0.4, -0.2) is 30.4 Å². The van der Waals surface area contributed by atoms with Gasteiger partial charge in [-0.2, -0.15) is 0 Å².